The van der Waals surface area contributed by atoms with Gasteiger partial charge in [0.15, 0.2) is 0 Å². The maximum atomic E-state index is 10.2. The van der Waals surface area contributed by atoms with Gasteiger partial charge in [-0.2, -0.15) is 0 Å². The number of hydrogen-bond donors (Lipinski definition) is 2. The summed E-state index contributed by atoms with van der Waals surface area (Å²) in [5.41, 5.74) is 5.83. The topological polar surface area (TPSA) is 49.5 Å². The fourth-order valence-corrected chi connectivity index (χ4v) is 4.21. The molecule has 0 aromatic carbocycles. The first-order chi connectivity index (χ1) is 9.43. The van der Waals surface area contributed by atoms with Crippen LogP contribution in [-0.4, -0.2) is 34.7 Å². The molecule has 2 heterocycles. The third kappa shape index (κ3) is 3.95. The zero-order chi connectivity index (χ0) is 14.8. The molecule has 1 aliphatic rings. The Morgan fingerprint density at radius 3 is 2.80 bits per heavy atom. The molecule has 0 amide bonds. The zero-order valence-corrected chi connectivity index (χ0v) is 13.9. The second-order valence-corrected chi connectivity index (χ2v) is 7.79. The van der Waals surface area contributed by atoms with Gasteiger partial charge in [-0.25, -0.2) is 0 Å². The Balaban J connectivity index is 2.18. The van der Waals surface area contributed by atoms with Crippen LogP contribution in [0.3, 0.4) is 0 Å². The quantitative estimate of drug-likeness (QED) is 0.895. The summed E-state index contributed by atoms with van der Waals surface area (Å²) in [6, 6.07) is 4.36. The molecule has 1 aromatic heterocycles. The summed E-state index contributed by atoms with van der Waals surface area (Å²) >= 11 is 7.71. The van der Waals surface area contributed by atoms with E-state index < -0.39 is 5.60 Å². The van der Waals surface area contributed by atoms with E-state index in [0.717, 1.165) is 43.1 Å². The number of rotatable bonds is 4. The molecule has 3 unspecified atom stereocenters. The number of likely N-dealkylation sites (tertiary alicyclic amines) is 1. The third-order valence-corrected chi connectivity index (χ3v) is 5.56. The smallest absolute Gasteiger partial charge is 0.0931 e. The Bertz CT molecular complexity index is 435. The van der Waals surface area contributed by atoms with Crippen LogP contribution >= 0.6 is 22.9 Å². The number of thiophene rings is 1. The van der Waals surface area contributed by atoms with Crippen LogP contribution in [0.2, 0.25) is 4.34 Å². The molecule has 1 fully saturated rings. The van der Waals surface area contributed by atoms with Crippen LogP contribution < -0.4 is 5.73 Å². The molecule has 3 atom stereocenters. The molecule has 0 bridgehead atoms. The molecule has 0 aliphatic carbocycles. The van der Waals surface area contributed by atoms with Crippen molar-refractivity contribution in [3.63, 3.8) is 0 Å². The first-order valence-electron chi connectivity index (χ1n) is 7.40. The predicted octanol–water partition coefficient (Wildman–Crippen LogP) is 3.42. The molecule has 3 N–H and O–H groups in total. The summed E-state index contributed by atoms with van der Waals surface area (Å²) in [4.78, 5) is 3.67. The van der Waals surface area contributed by atoms with E-state index in [1.54, 1.807) is 11.3 Å². The molecule has 2 rings (SSSR count). The van der Waals surface area contributed by atoms with Crippen LogP contribution in [0.4, 0.5) is 0 Å². The van der Waals surface area contributed by atoms with Gasteiger partial charge in [0, 0.05) is 17.5 Å². The molecular weight excluding hydrogens is 292 g/mol. The third-order valence-electron chi connectivity index (χ3n) is 4.25. The summed E-state index contributed by atoms with van der Waals surface area (Å²) in [5.74, 6) is 0. The van der Waals surface area contributed by atoms with Crippen molar-refractivity contribution in [2.24, 2.45) is 5.73 Å². The van der Waals surface area contributed by atoms with Gasteiger partial charge in [0.05, 0.1) is 16.0 Å². The van der Waals surface area contributed by atoms with E-state index in [0.29, 0.717) is 0 Å². The summed E-state index contributed by atoms with van der Waals surface area (Å²) in [5, 5.41) is 10.2. The second kappa shape index (κ2) is 6.75. The van der Waals surface area contributed by atoms with E-state index in [9.17, 15) is 5.11 Å². The molecule has 5 heteroatoms. The Kier molecular flexibility index (Phi) is 5.49. The lowest BCUT2D eigenvalue weighted by Crippen LogP contribution is -2.41. The minimum atomic E-state index is -0.539. The van der Waals surface area contributed by atoms with Crippen LogP contribution in [0.25, 0.3) is 0 Å². The summed E-state index contributed by atoms with van der Waals surface area (Å²) in [6.45, 7) is 5.94. The van der Waals surface area contributed by atoms with Gasteiger partial charge in [-0.15, -0.1) is 11.3 Å². The minimum Gasteiger partial charge on any atom is -0.390 e. The molecule has 1 saturated heterocycles. The van der Waals surface area contributed by atoms with E-state index in [2.05, 4.69) is 17.9 Å². The minimum absolute atomic E-state index is 0.104. The van der Waals surface area contributed by atoms with Gasteiger partial charge in [0.1, 0.15) is 0 Å². The van der Waals surface area contributed by atoms with E-state index in [1.807, 2.05) is 13.0 Å². The Hall–Kier alpha value is -0.130. The molecule has 0 radical (unpaired) electrons. The van der Waals surface area contributed by atoms with Crippen LogP contribution in [0.5, 0.6) is 0 Å². The van der Waals surface area contributed by atoms with Crippen molar-refractivity contribution in [1.29, 1.82) is 0 Å². The highest BCUT2D eigenvalue weighted by atomic mass is 35.5. The van der Waals surface area contributed by atoms with Crippen molar-refractivity contribution < 1.29 is 5.11 Å². The molecule has 20 heavy (non-hydrogen) atoms. The van der Waals surface area contributed by atoms with Crippen LogP contribution in [0.15, 0.2) is 12.1 Å². The van der Waals surface area contributed by atoms with E-state index in [1.165, 1.54) is 4.88 Å². The van der Waals surface area contributed by atoms with Crippen LogP contribution in [0.1, 0.15) is 50.4 Å². The highest BCUT2D eigenvalue weighted by Crippen LogP contribution is 2.35. The molecule has 1 aromatic rings. The highest BCUT2D eigenvalue weighted by molar-refractivity contribution is 7.16. The van der Waals surface area contributed by atoms with Gasteiger partial charge in [0.25, 0.3) is 0 Å². The van der Waals surface area contributed by atoms with Crippen LogP contribution in [-0.2, 0) is 0 Å². The van der Waals surface area contributed by atoms with Gasteiger partial charge in [0.2, 0.25) is 0 Å². The Morgan fingerprint density at radius 1 is 1.45 bits per heavy atom. The lowest BCUT2D eigenvalue weighted by atomic mass is 9.98. The maximum absolute atomic E-state index is 10.2. The van der Waals surface area contributed by atoms with Gasteiger partial charge >= 0.3 is 0 Å². The lowest BCUT2D eigenvalue weighted by molar-refractivity contribution is 0.0423. The highest BCUT2D eigenvalue weighted by Gasteiger charge is 2.32. The van der Waals surface area contributed by atoms with Gasteiger partial charge in [-0.3, -0.25) is 4.90 Å². The largest absolute Gasteiger partial charge is 0.390 e. The number of halogens is 1. The molecule has 0 spiro atoms. The monoisotopic (exact) mass is 316 g/mol. The molecular formula is C15H25ClN2OS. The van der Waals surface area contributed by atoms with Crippen molar-refractivity contribution in [1.82, 2.24) is 4.90 Å². The van der Waals surface area contributed by atoms with E-state index in [-0.39, 0.29) is 12.1 Å². The van der Waals surface area contributed by atoms with E-state index >= 15 is 0 Å². The van der Waals surface area contributed by atoms with Crippen LogP contribution in [0, 0.1) is 0 Å². The Morgan fingerprint density at radius 2 is 2.20 bits per heavy atom. The fraction of sp³-hybridized carbons (Fsp3) is 0.733. The van der Waals surface area contributed by atoms with Gasteiger partial charge in [-0.1, -0.05) is 18.5 Å². The van der Waals surface area contributed by atoms with Crippen molar-refractivity contribution in [2.75, 3.05) is 13.1 Å². The summed E-state index contributed by atoms with van der Waals surface area (Å²) in [6.07, 6.45) is 3.62. The molecule has 114 valence electrons. The maximum Gasteiger partial charge on any atom is 0.0931 e. The number of nitrogens with zero attached hydrogens (tertiary/aromatic N) is 1. The molecule has 0 saturated carbocycles. The molecule has 1 aliphatic heterocycles. The first kappa shape index (κ1) is 16.2. The zero-order valence-electron chi connectivity index (χ0n) is 12.3. The number of hydrogen-bond acceptors (Lipinski definition) is 4. The Labute approximate surface area is 130 Å². The van der Waals surface area contributed by atoms with Gasteiger partial charge in [-0.05, 0) is 51.3 Å². The summed E-state index contributed by atoms with van der Waals surface area (Å²) in [7, 11) is 0. The average Bonchev–Trinajstić information content (AvgIpc) is 2.73. The van der Waals surface area contributed by atoms with Gasteiger partial charge < -0.3 is 10.8 Å². The van der Waals surface area contributed by atoms with Crippen molar-refractivity contribution in [2.45, 2.75) is 57.2 Å². The number of aliphatic hydroxyl groups is 1. The fourth-order valence-electron chi connectivity index (χ4n) is 2.93. The second-order valence-electron chi connectivity index (χ2n) is 6.05. The first-order valence-corrected chi connectivity index (χ1v) is 8.59. The van der Waals surface area contributed by atoms with E-state index in [4.69, 9.17) is 17.3 Å². The predicted molar refractivity (Wildman–Crippen MR) is 86.4 cm³/mol. The summed E-state index contributed by atoms with van der Waals surface area (Å²) < 4.78 is 0.815. The van der Waals surface area contributed by atoms with Crippen molar-refractivity contribution in [3.8, 4) is 0 Å². The normalized spacial score (nSPS) is 28.1. The average molecular weight is 317 g/mol. The lowest BCUT2D eigenvalue weighted by Gasteiger charge is -2.34. The standard InChI is InChI=1S/C15H25ClN2OS/c1-3-11(17)14(12-5-6-13(16)20-12)18-9-4-7-15(2,19)8-10-18/h5-6,11,14,19H,3-4,7-10,17H2,1-2H3. The SMILES string of the molecule is CCC(N)C(c1ccc(Cl)s1)N1CCCC(C)(O)CC1. The van der Waals surface area contributed by atoms with Crippen molar-refractivity contribution in [3.05, 3.63) is 21.3 Å². The molecule has 3 nitrogen and oxygen atoms in total. The van der Waals surface area contributed by atoms with Crippen molar-refractivity contribution >= 4 is 22.9 Å². The number of nitrogens with two attached hydrogens (primary N) is 1.